The van der Waals surface area contributed by atoms with Crippen molar-refractivity contribution in [1.29, 1.82) is 0 Å². The molecule has 0 bridgehead atoms. The molecular weight excluding hydrogens is 118 g/mol. The van der Waals surface area contributed by atoms with E-state index in [2.05, 4.69) is 10.6 Å². The molecule has 4 heteroatoms. The standard InChI is InChI=1S/C5H11N3O/c1-5(6)2-7-4(9)8-3-5/h2-3,6H2,1H3,(H2,7,8,9). The molecule has 1 aliphatic heterocycles. The van der Waals surface area contributed by atoms with Gasteiger partial charge in [-0.25, -0.2) is 4.79 Å². The van der Waals surface area contributed by atoms with Crippen molar-refractivity contribution >= 4 is 6.03 Å². The third kappa shape index (κ3) is 1.57. The molecule has 1 aliphatic rings. The number of urea groups is 1. The Labute approximate surface area is 53.8 Å². The molecule has 0 atom stereocenters. The number of nitrogens with two attached hydrogens (primary N) is 1. The minimum atomic E-state index is -0.284. The highest BCUT2D eigenvalue weighted by molar-refractivity contribution is 5.75. The van der Waals surface area contributed by atoms with Crippen LogP contribution >= 0.6 is 0 Å². The lowest BCUT2D eigenvalue weighted by molar-refractivity contribution is 0.225. The third-order valence-electron chi connectivity index (χ3n) is 1.31. The van der Waals surface area contributed by atoms with Crippen molar-refractivity contribution in [2.24, 2.45) is 5.73 Å². The lowest BCUT2D eigenvalue weighted by Crippen LogP contribution is -2.62. The van der Waals surface area contributed by atoms with E-state index >= 15 is 0 Å². The summed E-state index contributed by atoms with van der Waals surface area (Å²) in [5.74, 6) is 0. The predicted molar refractivity (Wildman–Crippen MR) is 34.0 cm³/mol. The molecule has 0 unspecified atom stereocenters. The second-order valence-electron chi connectivity index (χ2n) is 2.69. The molecule has 1 rings (SSSR count). The van der Waals surface area contributed by atoms with Crippen LogP contribution in [0.15, 0.2) is 0 Å². The van der Waals surface area contributed by atoms with E-state index in [1.165, 1.54) is 0 Å². The Morgan fingerprint density at radius 2 is 2.00 bits per heavy atom. The van der Waals surface area contributed by atoms with Crippen LogP contribution in [0.2, 0.25) is 0 Å². The lowest BCUT2D eigenvalue weighted by atomic mass is 10.0. The molecule has 0 aromatic rings. The molecule has 9 heavy (non-hydrogen) atoms. The predicted octanol–water partition coefficient (Wildman–Crippen LogP) is -0.983. The normalized spacial score (nSPS) is 24.4. The molecule has 1 heterocycles. The van der Waals surface area contributed by atoms with Crippen LogP contribution < -0.4 is 16.4 Å². The van der Waals surface area contributed by atoms with Crippen molar-refractivity contribution in [1.82, 2.24) is 10.6 Å². The topological polar surface area (TPSA) is 67.1 Å². The number of nitrogens with one attached hydrogen (secondary N) is 2. The third-order valence-corrected chi connectivity index (χ3v) is 1.31. The first kappa shape index (κ1) is 6.35. The summed E-state index contributed by atoms with van der Waals surface area (Å²) >= 11 is 0. The van der Waals surface area contributed by atoms with Gasteiger partial charge in [0.2, 0.25) is 0 Å². The average molecular weight is 129 g/mol. The van der Waals surface area contributed by atoms with E-state index in [9.17, 15) is 4.79 Å². The van der Waals surface area contributed by atoms with Crippen LogP contribution in [0, 0.1) is 0 Å². The van der Waals surface area contributed by atoms with Gasteiger partial charge in [-0.1, -0.05) is 0 Å². The van der Waals surface area contributed by atoms with Gasteiger partial charge >= 0.3 is 6.03 Å². The summed E-state index contributed by atoms with van der Waals surface area (Å²) in [5, 5.41) is 5.19. The largest absolute Gasteiger partial charge is 0.336 e. The van der Waals surface area contributed by atoms with Gasteiger partial charge in [-0.15, -0.1) is 0 Å². The van der Waals surface area contributed by atoms with Gasteiger partial charge in [-0.3, -0.25) is 0 Å². The Bertz CT molecular complexity index is 120. The first-order valence-electron chi connectivity index (χ1n) is 2.91. The number of carbonyl (C=O) groups is 1. The van der Waals surface area contributed by atoms with Crippen molar-refractivity contribution in [3.8, 4) is 0 Å². The Morgan fingerprint density at radius 3 is 2.33 bits per heavy atom. The molecule has 4 nitrogen and oxygen atoms in total. The van der Waals surface area contributed by atoms with E-state index in [4.69, 9.17) is 5.73 Å². The maximum atomic E-state index is 10.5. The van der Waals surface area contributed by atoms with Crippen LogP contribution in [0.1, 0.15) is 6.92 Å². The van der Waals surface area contributed by atoms with Crippen LogP contribution in [0.25, 0.3) is 0 Å². The molecule has 0 aliphatic carbocycles. The lowest BCUT2D eigenvalue weighted by Gasteiger charge is -2.29. The van der Waals surface area contributed by atoms with Crippen molar-refractivity contribution < 1.29 is 4.79 Å². The molecule has 0 saturated carbocycles. The summed E-state index contributed by atoms with van der Waals surface area (Å²) in [6, 6.07) is -0.127. The van der Waals surface area contributed by atoms with E-state index in [-0.39, 0.29) is 11.6 Å². The zero-order valence-electron chi connectivity index (χ0n) is 5.40. The maximum absolute atomic E-state index is 10.5. The molecule has 0 spiro atoms. The quantitative estimate of drug-likeness (QED) is 0.393. The van der Waals surface area contributed by atoms with Crippen LogP contribution in [0.5, 0.6) is 0 Å². The maximum Gasteiger partial charge on any atom is 0.314 e. The second kappa shape index (κ2) is 1.88. The van der Waals surface area contributed by atoms with Crippen LogP contribution in [-0.2, 0) is 0 Å². The monoisotopic (exact) mass is 129 g/mol. The summed E-state index contributed by atoms with van der Waals surface area (Å²) in [6.45, 7) is 3.00. The summed E-state index contributed by atoms with van der Waals surface area (Å²) < 4.78 is 0. The second-order valence-corrected chi connectivity index (χ2v) is 2.69. The highest BCUT2D eigenvalue weighted by atomic mass is 16.2. The Kier molecular flexibility index (Phi) is 1.32. The van der Waals surface area contributed by atoms with Gasteiger partial charge in [0.1, 0.15) is 0 Å². The van der Waals surface area contributed by atoms with Crippen LogP contribution in [0.3, 0.4) is 0 Å². The minimum absolute atomic E-state index is 0.127. The average Bonchev–Trinajstić information content (AvgIpc) is 1.78. The summed E-state index contributed by atoms with van der Waals surface area (Å²) in [5.41, 5.74) is 5.38. The number of rotatable bonds is 0. The highest BCUT2D eigenvalue weighted by Gasteiger charge is 2.24. The number of amides is 2. The van der Waals surface area contributed by atoms with Gasteiger partial charge in [0.05, 0.1) is 0 Å². The van der Waals surface area contributed by atoms with E-state index in [1.807, 2.05) is 6.92 Å². The van der Waals surface area contributed by atoms with Crippen LogP contribution in [0.4, 0.5) is 4.79 Å². The van der Waals surface area contributed by atoms with E-state index < -0.39 is 0 Å². The first-order chi connectivity index (χ1) is 4.10. The highest BCUT2D eigenvalue weighted by Crippen LogP contribution is 1.97. The summed E-state index contributed by atoms with van der Waals surface area (Å²) in [7, 11) is 0. The zero-order chi connectivity index (χ0) is 6.91. The zero-order valence-corrected chi connectivity index (χ0v) is 5.40. The number of hydrogen-bond acceptors (Lipinski definition) is 2. The fourth-order valence-electron chi connectivity index (χ4n) is 0.689. The molecule has 52 valence electrons. The van der Waals surface area contributed by atoms with Gasteiger partial charge < -0.3 is 16.4 Å². The molecule has 1 fully saturated rings. The van der Waals surface area contributed by atoms with Gasteiger partial charge in [0, 0.05) is 18.6 Å². The fraction of sp³-hybridized carbons (Fsp3) is 0.800. The van der Waals surface area contributed by atoms with E-state index in [0.717, 1.165) is 0 Å². The SMILES string of the molecule is CC1(N)CNC(=O)NC1. The first-order valence-corrected chi connectivity index (χ1v) is 2.91. The smallest absolute Gasteiger partial charge is 0.314 e. The molecule has 4 N–H and O–H groups in total. The molecular formula is C5H11N3O. The molecule has 2 amide bonds. The van der Waals surface area contributed by atoms with Gasteiger partial charge in [0.25, 0.3) is 0 Å². The molecule has 0 aromatic heterocycles. The fourth-order valence-corrected chi connectivity index (χ4v) is 0.689. The van der Waals surface area contributed by atoms with Crippen molar-refractivity contribution in [3.05, 3.63) is 0 Å². The molecule has 0 radical (unpaired) electrons. The van der Waals surface area contributed by atoms with Gasteiger partial charge in [-0.2, -0.15) is 0 Å². The van der Waals surface area contributed by atoms with Crippen molar-refractivity contribution in [2.45, 2.75) is 12.5 Å². The summed E-state index contributed by atoms with van der Waals surface area (Å²) in [4.78, 5) is 10.5. The minimum Gasteiger partial charge on any atom is -0.336 e. The molecule has 0 aromatic carbocycles. The van der Waals surface area contributed by atoms with Gasteiger partial charge in [0.15, 0.2) is 0 Å². The van der Waals surface area contributed by atoms with E-state index in [1.54, 1.807) is 0 Å². The molecule has 1 saturated heterocycles. The summed E-state index contributed by atoms with van der Waals surface area (Å²) in [6.07, 6.45) is 0. The number of hydrogen-bond donors (Lipinski definition) is 3. The van der Waals surface area contributed by atoms with E-state index in [0.29, 0.717) is 13.1 Å². The Balaban J connectivity index is 2.44. The van der Waals surface area contributed by atoms with Crippen molar-refractivity contribution in [2.75, 3.05) is 13.1 Å². The Hall–Kier alpha value is -0.770. The van der Waals surface area contributed by atoms with Crippen molar-refractivity contribution in [3.63, 3.8) is 0 Å². The Morgan fingerprint density at radius 1 is 1.56 bits per heavy atom. The number of carbonyl (C=O) groups excluding carboxylic acids is 1. The van der Waals surface area contributed by atoms with Crippen LogP contribution in [-0.4, -0.2) is 24.7 Å². The van der Waals surface area contributed by atoms with Gasteiger partial charge in [-0.05, 0) is 6.92 Å².